The van der Waals surface area contributed by atoms with E-state index in [2.05, 4.69) is 57.5 Å². The molecule has 9 heteroatoms. The largest absolute Gasteiger partial charge is 0.383 e. The van der Waals surface area contributed by atoms with Crippen LogP contribution in [0.25, 0.3) is 22.0 Å². The van der Waals surface area contributed by atoms with Gasteiger partial charge in [-0.2, -0.15) is 4.98 Å². The van der Waals surface area contributed by atoms with Gasteiger partial charge in [0, 0.05) is 58.4 Å². The molecule has 37 heavy (non-hydrogen) atoms. The molecule has 5 rings (SSSR count). The van der Waals surface area contributed by atoms with Crippen LogP contribution in [0.5, 0.6) is 0 Å². The van der Waals surface area contributed by atoms with Gasteiger partial charge < -0.3 is 14.5 Å². The summed E-state index contributed by atoms with van der Waals surface area (Å²) >= 11 is 5.32. The average Bonchev–Trinajstić information content (AvgIpc) is 2.86. The van der Waals surface area contributed by atoms with Gasteiger partial charge in [-0.25, -0.2) is 4.79 Å². The minimum absolute atomic E-state index is 0.0420. The molecule has 1 aromatic heterocycles. The number of benzene rings is 2. The third kappa shape index (κ3) is 4.51. The van der Waals surface area contributed by atoms with E-state index in [9.17, 15) is 9.59 Å². The lowest BCUT2D eigenvalue weighted by molar-refractivity contribution is -0.130. The number of nitrogens with zero attached hydrogens (tertiary/aromatic N) is 4. The quantitative estimate of drug-likeness (QED) is 0.393. The number of amides is 1. The van der Waals surface area contributed by atoms with E-state index in [4.69, 9.17) is 4.74 Å². The third-order valence-electron chi connectivity index (χ3n) is 7.27. The maximum Gasteiger partial charge on any atom is 0.350 e. The summed E-state index contributed by atoms with van der Waals surface area (Å²) in [4.78, 5) is 35.9. The van der Waals surface area contributed by atoms with Crippen LogP contribution in [0, 0.1) is 6.92 Å². The van der Waals surface area contributed by atoms with Gasteiger partial charge in [-0.15, -0.1) is 11.8 Å². The lowest BCUT2D eigenvalue weighted by Crippen LogP contribution is -2.58. The van der Waals surface area contributed by atoms with Gasteiger partial charge in [-0.05, 0) is 56.2 Å². The van der Waals surface area contributed by atoms with E-state index in [0.717, 1.165) is 42.7 Å². The molecule has 0 radical (unpaired) electrons. The van der Waals surface area contributed by atoms with Crippen molar-refractivity contribution in [1.82, 2.24) is 14.5 Å². The summed E-state index contributed by atoms with van der Waals surface area (Å²) in [6.45, 7) is 11.5. The minimum Gasteiger partial charge on any atom is -0.383 e. The van der Waals surface area contributed by atoms with E-state index in [1.165, 1.54) is 6.08 Å². The van der Waals surface area contributed by atoms with Crippen molar-refractivity contribution in [2.45, 2.75) is 43.8 Å². The summed E-state index contributed by atoms with van der Waals surface area (Å²) in [6, 6.07) is 10.3. The van der Waals surface area contributed by atoms with E-state index >= 15 is 0 Å². The molecule has 2 aliphatic heterocycles. The highest BCUT2D eigenvalue weighted by molar-refractivity contribution is 9.10. The Labute approximate surface area is 229 Å². The fraction of sp³-hybridized carbons (Fsp3) is 0.393. The van der Waals surface area contributed by atoms with Crippen molar-refractivity contribution in [2.24, 2.45) is 0 Å². The van der Waals surface area contributed by atoms with Gasteiger partial charge in [0.1, 0.15) is 5.82 Å². The lowest BCUT2D eigenvalue weighted by Gasteiger charge is -2.45. The Kier molecular flexibility index (Phi) is 7.22. The van der Waals surface area contributed by atoms with Gasteiger partial charge in [0.25, 0.3) is 0 Å². The van der Waals surface area contributed by atoms with Crippen molar-refractivity contribution in [3.05, 3.63) is 63.5 Å². The molecule has 0 bridgehead atoms. The van der Waals surface area contributed by atoms with Gasteiger partial charge in [0.05, 0.1) is 18.2 Å². The van der Waals surface area contributed by atoms with E-state index < -0.39 is 0 Å². The van der Waals surface area contributed by atoms with Crippen LogP contribution >= 0.6 is 27.7 Å². The highest BCUT2D eigenvalue weighted by Gasteiger charge is 2.35. The van der Waals surface area contributed by atoms with Gasteiger partial charge in [0.15, 0.2) is 0 Å². The van der Waals surface area contributed by atoms with E-state index in [-0.39, 0.29) is 29.7 Å². The summed E-state index contributed by atoms with van der Waals surface area (Å²) in [6.07, 6.45) is 1.37. The van der Waals surface area contributed by atoms with Crippen molar-refractivity contribution in [2.75, 3.05) is 37.5 Å². The zero-order valence-corrected chi connectivity index (χ0v) is 23.9. The first-order valence-electron chi connectivity index (χ1n) is 12.4. The Balaban J connectivity index is 1.73. The Hall–Kier alpha value is -2.62. The number of aryl methyl sites for hydroxylation is 1. The van der Waals surface area contributed by atoms with Gasteiger partial charge in [0.2, 0.25) is 5.91 Å². The zero-order valence-electron chi connectivity index (χ0n) is 21.5. The van der Waals surface area contributed by atoms with Crippen LogP contribution in [0.4, 0.5) is 5.82 Å². The standard InChI is InChI=1S/C28H31BrN4O3S/c1-6-23(34)32-17(3)12-31(13-18(32)4)27-22-11-16(2)24(19-7-9-20(29)10-8-19)26-25(22)33(28(35)30-27)21(14-36-5)15-37-26/h6-11,17-18,21H,1,12-15H2,2-5H3/t17-,18+,21-/m0/s1. The first-order valence-corrected chi connectivity index (χ1v) is 14.2. The predicted octanol–water partition coefficient (Wildman–Crippen LogP) is 5.04. The molecule has 2 aliphatic rings. The molecule has 0 N–H and O–H groups in total. The van der Waals surface area contributed by atoms with Gasteiger partial charge in [-0.3, -0.25) is 9.36 Å². The van der Waals surface area contributed by atoms with Crippen LogP contribution in [-0.4, -0.2) is 65.0 Å². The van der Waals surface area contributed by atoms with E-state index in [1.54, 1.807) is 18.9 Å². The molecule has 3 aromatic rings. The Morgan fingerprint density at radius 3 is 2.54 bits per heavy atom. The number of anilines is 1. The van der Waals surface area contributed by atoms with Crippen molar-refractivity contribution >= 4 is 50.3 Å². The number of carbonyl (C=O) groups excluding carboxylic acids is 1. The normalized spacial score (nSPS) is 21.4. The Bertz CT molecular complexity index is 1430. The fourth-order valence-electron chi connectivity index (χ4n) is 5.79. The SMILES string of the molecule is C=CC(=O)N1[C@H](C)CN(c2nc(=O)n3c4c(c(-c5ccc(Br)cc5)c(C)cc24)SC[C@@H]3COC)C[C@@H]1C. The molecule has 0 spiro atoms. The molecule has 194 valence electrons. The maximum absolute atomic E-state index is 13.6. The molecule has 2 aromatic carbocycles. The zero-order chi connectivity index (χ0) is 26.4. The Morgan fingerprint density at radius 2 is 1.92 bits per heavy atom. The van der Waals surface area contributed by atoms with Crippen LogP contribution in [0.15, 0.2) is 57.1 Å². The highest BCUT2D eigenvalue weighted by atomic mass is 79.9. The summed E-state index contributed by atoms with van der Waals surface area (Å²) in [5.41, 5.74) is 4.06. The smallest absolute Gasteiger partial charge is 0.350 e. The number of methoxy groups -OCH3 is 1. The molecule has 3 heterocycles. The maximum atomic E-state index is 13.6. The second-order valence-corrected chi connectivity index (χ2v) is 11.8. The number of hydrogen-bond acceptors (Lipinski definition) is 6. The molecule has 3 atom stereocenters. The molecular weight excluding hydrogens is 552 g/mol. The summed E-state index contributed by atoms with van der Waals surface area (Å²) < 4.78 is 8.35. The molecule has 0 aliphatic carbocycles. The number of thioether (sulfide) groups is 1. The van der Waals surface area contributed by atoms with Crippen molar-refractivity contribution in [1.29, 1.82) is 0 Å². The number of halogens is 1. The van der Waals surface area contributed by atoms with Crippen molar-refractivity contribution < 1.29 is 9.53 Å². The van der Waals surface area contributed by atoms with Crippen LogP contribution in [0.3, 0.4) is 0 Å². The summed E-state index contributed by atoms with van der Waals surface area (Å²) in [7, 11) is 1.67. The fourth-order valence-corrected chi connectivity index (χ4v) is 7.42. The monoisotopic (exact) mass is 582 g/mol. The number of aromatic nitrogens is 2. The first kappa shape index (κ1) is 26.0. The second-order valence-electron chi connectivity index (χ2n) is 9.86. The summed E-state index contributed by atoms with van der Waals surface area (Å²) in [5.74, 6) is 1.35. The van der Waals surface area contributed by atoms with Crippen LogP contribution in [0.2, 0.25) is 0 Å². The Morgan fingerprint density at radius 1 is 1.24 bits per heavy atom. The topological polar surface area (TPSA) is 67.7 Å². The molecule has 0 saturated carbocycles. The molecular formula is C28H31BrN4O3S. The minimum atomic E-state index is -0.262. The molecule has 1 amide bonds. The second kappa shape index (κ2) is 10.3. The molecule has 7 nitrogen and oxygen atoms in total. The molecule has 0 unspecified atom stereocenters. The van der Waals surface area contributed by atoms with Crippen molar-refractivity contribution in [3.8, 4) is 11.1 Å². The van der Waals surface area contributed by atoms with Gasteiger partial charge in [-0.1, -0.05) is 34.6 Å². The predicted molar refractivity (Wildman–Crippen MR) is 154 cm³/mol. The number of hydrogen-bond donors (Lipinski definition) is 0. The van der Waals surface area contributed by atoms with Gasteiger partial charge >= 0.3 is 5.69 Å². The number of piperazine rings is 1. The first-order chi connectivity index (χ1) is 17.7. The van der Waals surface area contributed by atoms with Crippen molar-refractivity contribution in [3.63, 3.8) is 0 Å². The van der Waals surface area contributed by atoms with Crippen LogP contribution < -0.4 is 10.6 Å². The third-order valence-corrected chi connectivity index (χ3v) is 9.03. The number of carbonyl (C=O) groups is 1. The molecule has 1 saturated heterocycles. The van der Waals surface area contributed by atoms with Crippen LogP contribution in [0.1, 0.15) is 25.5 Å². The van der Waals surface area contributed by atoms with Crippen LogP contribution in [-0.2, 0) is 9.53 Å². The van der Waals surface area contributed by atoms with E-state index in [1.807, 2.05) is 35.4 Å². The van der Waals surface area contributed by atoms with E-state index in [0.29, 0.717) is 25.5 Å². The molecule has 1 fully saturated rings. The average molecular weight is 584 g/mol. The number of rotatable bonds is 5. The highest BCUT2D eigenvalue weighted by Crippen LogP contribution is 2.46. The summed E-state index contributed by atoms with van der Waals surface area (Å²) in [5, 5.41) is 0.962. The lowest BCUT2D eigenvalue weighted by atomic mass is 9.97. The number of ether oxygens (including phenoxy) is 1.